The van der Waals surface area contributed by atoms with E-state index in [9.17, 15) is 0 Å². The topological polar surface area (TPSA) is 30.7 Å². The van der Waals surface area contributed by atoms with Gasteiger partial charge in [-0.15, -0.1) is 5.10 Å². The Balaban J connectivity index is 3.14. The third-order valence-electron chi connectivity index (χ3n) is 1.84. The van der Waals surface area contributed by atoms with E-state index in [4.69, 9.17) is 0 Å². The molecule has 0 aliphatic rings. The molecule has 4 heteroatoms. The van der Waals surface area contributed by atoms with Gasteiger partial charge in [-0.1, -0.05) is 26.0 Å². The Morgan fingerprint density at radius 2 is 1.85 bits per heavy atom. The van der Waals surface area contributed by atoms with Crippen LogP contribution in [0.3, 0.4) is 0 Å². The molecule has 0 aliphatic carbocycles. The summed E-state index contributed by atoms with van der Waals surface area (Å²) in [6, 6.07) is 0.345. The highest BCUT2D eigenvalue weighted by Gasteiger charge is 2.23. The van der Waals surface area contributed by atoms with Crippen molar-refractivity contribution in [1.82, 2.24) is 15.0 Å². The summed E-state index contributed by atoms with van der Waals surface area (Å²) in [6.45, 7) is 10.6. The van der Waals surface area contributed by atoms with Gasteiger partial charge in [-0.3, -0.25) is 0 Å². The largest absolute Gasteiger partial charge is 0.235 e. The van der Waals surface area contributed by atoms with Crippen molar-refractivity contribution in [3.63, 3.8) is 0 Å². The Hall–Kier alpha value is -0.380. The summed E-state index contributed by atoms with van der Waals surface area (Å²) in [5.41, 5.74) is 1.06. The zero-order valence-electron chi connectivity index (χ0n) is 8.80. The molecule has 0 saturated carbocycles. The first-order valence-electron chi connectivity index (χ1n) is 4.45. The van der Waals surface area contributed by atoms with Gasteiger partial charge >= 0.3 is 0 Å². The molecule has 13 heavy (non-hydrogen) atoms. The smallest absolute Gasteiger partial charge is 0.128 e. The van der Waals surface area contributed by atoms with Crippen molar-refractivity contribution in [2.75, 3.05) is 0 Å². The van der Waals surface area contributed by atoms with Crippen molar-refractivity contribution < 1.29 is 0 Å². The van der Waals surface area contributed by atoms with Crippen molar-refractivity contribution in [1.29, 1.82) is 0 Å². The van der Waals surface area contributed by atoms with E-state index in [2.05, 4.69) is 60.9 Å². The maximum Gasteiger partial charge on any atom is 0.128 e. The molecule has 1 heterocycles. The number of aromatic nitrogens is 3. The average molecular weight is 246 g/mol. The van der Waals surface area contributed by atoms with Crippen LogP contribution in [-0.4, -0.2) is 15.0 Å². The Labute approximate surface area is 87.6 Å². The second-order valence-electron chi connectivity index (χ2n) is 4.52. The molecular formula is C9H16BrN3. The first-order chi connectivity index (χ1) is 5.84. The molecule has 0 aromatic carbocycles. The molecule has 0 unspecified atom stereocenters. The maximum atomic E-state index is 4.17. The van der Waals surface area contributed by atoms with E-state index in [1.54, 1.807) is 0 Å². The molecule has 0 fully saturated rings. The van der Waals surface area contributed by atoms with Gasteiger partial charge in [-0.25, -0.2) is 4.68 Å². The molecule has 0 amide bonds. The fourth-order valence-corrected chi connectivity index (χ4v) is 2.23. The van der Waals surface area contributed by atoms with Crippen LogP contribution in [0.4, 0.5) is 0 Å². The lowest BCUT2D eigenvalue weighted by molar-refractivity contribution is 0.504. The van der Waals surface area contributed by atoms with Crippen LogP contribution < -0.4 is 0 Å². The molecule has 0 atom stereocenters. The molecule has 0 bridgehead atoms. The number of halogens is 1. The van der Waals surface area contributed by atoms with Crippen molar-refractivity contribution in [3.05, 3.63) is 10.3 Å². The fraction of sp³-hybridized carbons (Fsp3) is 0.778. The van der Waals surface area contributed by atoms with E-state index in [1.165, 1.54) is 0 Å². The van der Waals surface area contributed by atoms with E-state index in [0.29, 0.717) is 6.04 Å². The number of hydrogen-bond acceptors (Lipinski definition) is 2. The SMILES string of the molecule is CC(C)n1nnc(C(C)(C)C)c1Br. The van der Waals surface area contributed by atoms with Crippen LogP contribution in [0.1, 0.15) is 46.4 Å². The van der Waals surface area contributed by atoms with Crippen molar-refractivity contribution in [2.45, 2.75) is 46.1 Å². The number of rotatable bonds is 1. The number of hydrogen-bond donors (Lipinski definition) is 0. The highest BCUT2D eigenvalue weighted by atomic mass is 79.9. The van der Waals surface area contributed by atoms with Gasteiger partial charge in [0.25, 0.3) is 0 Å². The third kappa shape index (κ3) is 2.10. The zero-order chi connectivity index (χ0) is 10.2. The van der Waals surface area contributed by atoms with Gasteiger partial charge in [0, 0.05) is 11.5 Å². The van der Waals surface area contributed by atoms with E-state index < -0.39 is 0 Å². The van der Waals surface area contributed by atoms with Gasteiger partial charge in [-0.2, -0.15) is 0 Å². The van der Waals surface area contributed by atoms with Crippen molar-refractivity contribution in [2.24, 2.45) is 0 Å². The van der Waals surface area contributed by atoms with Crippen LogP contribution in [0, 0.1) is 0 Å². The second kappa shape index (κ2) is 3.40. The van der Waals surface area contributed by atoms with Gasteiger partial charge in [0.15, 0.2) is 0 Å². The highest BCUT2D eigenvalue weighted by molar-refractivity contribution is 9.10. The normalized spacial score (nSPS) is 12.5. The minimum atomic E-state index is 0.0476. The summed E-state index contributed by atoms with van der Waals surface area (Å²) >= 11 is 3.53. The predicted octanol–water partition coefficient (Wildman–Crippen LogP) is 2.92. The minimum absolute atomic E-state index is 0.0476. The number of nitrogens with zero attached hydrogens (tertiary/aromatic N) is 3. The van der Waals surface area contributed by atoms with Crippen LogP contribution in [-0.2, 0) is 5.41 Å². The van der Waals surface area contributed by atoms with Crippen molar-refractivity contribution >= 4 is 15.9 Å². The first-order valence-corrected chi connectivity index (χ1v) is 5.24. The Morgan fingerprint density at radius 1 is 1.31 bits per heavy atom. The molecular weight excluding hydrogens is 230 g/mol. The molecule has 1 aromatic rings. The summed E-state index contributed by atoms with van der Waals surface area (Å²) in [7, 11) is 0. The van der Waals surface area contributed by atoms with Gasteiger partial charge in [0.05, 0.1) is 0 Å². The van der Waals surface area contributed by atoms with Gasteiger partial charge in [0.2, 0.25) is 0 Å². The first kappa shape index (κ1) is 10.7. The second-order valence-corrected chi connectivity index (χ2v) is 5.27. The average Bonchev–Trinajstić information content (AvgIpc) is 2.28. The molecule has 0 spiro atoms. The van der Waals surface area contributed by atoms with Crippen LogP contribution >= 0.6 is 15.9 Å². The Bertz CT molecular complexity index is 296. The minimum Gasteiger partial charge on any atom is -0.235 e. The molecule has 74 valence electrons. The Kier molecular flexibility index (Phi) is 2.80. The van der Waals surface area contributed by atoms with Gasteiger partial charge in [-0.05, 0) is 29.8 Å². The molecule has 0 aliphatic heterocycles. The lowest BCUT2D eigenvalue weighted by Crippen LogP contribution is -2.13. The van der Waals surface area contributed by atoms with Crippen LogP contribution in [0.25, 0.3) is 0 Å². The van der Waals surface area contributed by atoms with E-state index in [1.807, 2.05) is 4.68 Å². The molecule has 1 aromatic heterocycles. The fourth-order valence-electron chi connectivity index (χ4n) is 1.07. The molecule has 0 radical (unpaired) electrons. The molecule has 0 N–H and O–H groups in total. The van der Waals surface area contributed by atoms with Crippen molar-refractivity contribution in [3.8, 4) is 0 Å². The molecule has 1 rings (SSSR count). The molecule has 3 nitrogen and oxygen atoms in total. The lowest BCUT2D eigenvalue weighted by Gasteiger charge is -2.15. The van der Waals surface area contributed by atoms with Gasteiger partial charge < -0.3 is 0 Å². The third-order valence-corrected chi connectivity index (χ3v) is 2.58. The monoisotopic (exact) mass is 245 g/mol. The van der Waals surface area contributed by atoms with Crippen LogP contribution in [0.2, 0.25) is 0 Å². The highest BCUT2D eigenvalue weighted by Crippen LogP contribution is 2.28. The van der Waals surface area contributed by atoms with Crippen LogP contribution in [0.15, 0.2) is 4.60 Å². The molecule has 0 saturated heterocycles. The van der Waals surface area contributed by atoms with E-state index in [0.717, 1.165) is 10.3 Å². The van der Waals surface area contributed by atoms with Crippen LogP contribution in [0.5, 0.6) is 0 Å². The standard InChI is InChI=1S/C9H16BrN3/c1-6(2)13-8(10)7(11-12-13)9(3,4)5/h6H,1-5H3. The van der Waals surface area contributed by atoms with Gasteiger partial charge in [0.1, 0.15) is 10.3 Å². The Morgan fingerprint density at radius 3 is 2.08 bits per heavy atom. The lowest BCUT2D eigenvalue weighted by atomic mass is 9.93. The zero-order valence-corrected chi connectivity index (χ0v) is 10.4. The maximum absolute atomic E-state index is 4.17. The summed E-state index contributed by atoms with van der Waals surface area (Å²) < 4.78 is 2.88. The predicted molar refractivity (Wildman–Crippen MR) is 56.8 cm³/mol. The van der Waals surface area contributed by atoms with E-state index in [-0.39, 0.29) is 5.41 Å². The quantitative estimate of drug-likeness (QED) is 0.762. The van der Waals surface area contributed by atoms with E-state index >= 15 is 0 Å². The summed E-state index contributed by atoms with van der Waals surface area (Å²) in [6.07, 6.45) is 0. The summed E-state index contributed by atoms with van der Waals surface area (Å²) in [5.74, 6) is 0. The summed E-state index contributed by atoms with van der Waals surface area (Å²) in [5, 5.41) is 8.28. The summed E-state index contributed by atoms with van der Waals surface area (Å²) in [4.78, 5) is 0.